The van der Waals surface area contributed by atoms with Crippen molar-refractivity contribution < 1.29 is 22.7 Å². The van der Waals surface area contributed by atoms with Crippen LogP contribution in [0.4, 0.5) is 13.2 Å². The Balaban J connectivity index is 2.12. The summed E-state index contributed by atoms with van der Waals surface area (Å²) in [6.45, 7) is 2.77. The van der Waals surface area contributed by atoms with E-state index < -0.39 is 17.5 Å². The van der Waals surface area contributed by atoms with E-state index >= 15 is 0 Å². The van der Waals surface area contributed by atoms with Crippen molar-refractivity contribution in [2.75, 3.05) is 32.8 Å². The molecule has 2 atom stereocenters. The van der Waals surface area contributed by atoms with Crippen molar-refractivity contribution in [2.24, 2.45) is 5.41 Å². The molecule has 0 spiro atoms. The third-order valence-corrected chi connectivity index (χ3v) is 4.22. The fourth-order valence-electron chi connectivity index (χ4n) is 2.93. The summed E-state index contributed by atoms with van der Waals surface area (Å²) < 4.78 is 45.5. The molecule has 2 heterocycles. The second-order valence-electron chi connectivity index (χ2n) is 5.49. The lowest BCUT2D eigenvalue weighted by atomic mass is 9.84. The molecular weight excluding hydrogens is 273 g/mol. The molecule has 2 fully saturated rings. The highest BCUT2D eigenvalue weighted by molar-refractivity contribution is 5.84. The van der Waals surface area contributed by atoms with E-state index in [0.717, 1.165) is 12.8 Å². The zero-order valence-corrected chi connectivity index (χ0v) is 11.6. The minimum absolute atomic E-state index is 0.126. The number of hydrogen-bond donors (Lipinski definition) is 1. The second kappa shape index (κ2) is 5.89. The van der Waals surface area contributed by atoms with Gasteiger partial charge in [-0.15, -0.1) is 0 Å². The Morgan fingerprint density at radius 3 is 2.70 bits per heavy atom. The van der Waals surface area contributed by atoms with Crippen LogP contribution in [0.3, 0.4) is 0 Å². The van der Waals surface area contributed by atoms with Crippen LogP contribution in [0.1, 0.15) is 26.2 Å². The van der Waals surface area contributed by atoms with Crippen molar-refractivity contribution in [3.63, 3.8) is 0 Å². The van der Waals surface area contributed by atoms with Gasteiger partial charge in [-0.1, -0.05) is 0 Å². The molecule has 7 heteroatoms. The average Bonchev–Trinajstić information content (AvgIpc) is 3.05. The molecule has 2 rings (SSSR count). The number of nitrogens with zero attached hydrogens (tertiary/aromatic N) is 1. The molecule has 0 radical (unpaired) electrons. The van der Waals surface area contributed by atoms with Gasteiger partial charge in [0.1, 0.15) is 0 Å². The summed E-state index contributed by atoms with van der Waals surface area (Å²) in [7, 11) is 0. The van der Waals surface area contributed by atoms with E-state index in [1.54, 1.807) is 6.92 Å². The van der Waals surface area contributed by atoms with Crippen LogP contribution in [0.15, 0.2) is 0 Å². The van der Waals surface area contributed by atoms with E-state index in [-0.39, 0.29) is 38.7 Å². The van der Waals surface area contributed by atoms with Crippen LogP contribution >= 0.6 is 0 Å². The molecule has 116 valence electrons. The van der Waals surface area contributed by atoms with Gasteiger partial charge < -0.3 is 15.0 Å². The predicted molar refractivity (Wildman–Crippen MR) is 67.2 cm³/mol. The van der Waals surface area contributed by atoms with Gasteiger partial charge in [-0.25, -0.2) is 0 Å². The van der Waals surface area contributed by atoms with Crippen molar-refractivity contribution in [1.29, 1.82) is 0 Å². The van der Waals surface area contributed by atoms with Gasteiger partial charge in [0.15, 0.2) is 5.41 Å². The maximum atomic E-state index is 13.4. The molecule has 1 amide bonds. The number of ether oxygens (including phenoxy) is 1. The number of carbonyl (C=O) groups is 1. The van der Waals surface area contributed by atoms with Crippen molar-refractivity contribution in [3.8, 4) is 0 Å². The monoisotopic (exact) mass is 294 g/mol. The summed E-state index contributed by atoms with van der Waals surface area (Å²) in [6, 6.07) is 0. The van der Waals surface area contributed by atoms with Crippen LogP contribution in [-0.4, -0.2) is 55.9 Å². The SMILES string of the molecule is CCN(CC1CCCO1)C(=O)C1(C(F)(F)F)CCNC1. The number of likely N-dealkylation sites (N-methyl/N-ethyl adjacent to an activating group) is 1. The molecule has 0 aromatic carbocycles. The largest absolute Gasteiger partial charge is 0.404 e. The molecule has 0 aromatic heterocycles. The summed E-state index contributed by atoms with van der Waals surface area (Å²) in [6.07, 6.45) is -3.11. The Hall–Kier alpha value is -0.820. The number of nitrogens with one attached hydrogen (secondary N) is 1. The first-order valence-electron chi connectivity index (χ1n) is 7.09. The Bertz CT molecular complexity index is 348. The van der Waals surface area contributed by atoms with Gasteiger partial charge in [-0.2, -0.15) is 13.2 Å². The number of hydrogen-bond acceptors (Lipinski definition) is 3. The number of carbonyl (C=O) groups excluding carboxylic acids is 1. The van der Waals surface area contributed by atoms with E-state index in [1.807, 2.05) is 0 Å². The van der Waals surface area contributed by atoms with Crippen LogP contribution in [-0.2, 0) is 9.53 Å². The highest BCUT2D eigenvalue weighted by Crippen LogP contribution is 2.44. The van der Waals surface area contributed by atoms with Gasteiger partial charge in [-0.05, 0) is 32.7 Å². The first-order chi connectivity index (χ1) is 9.40. The standard InChI is InChI=1S/C13H21F3N2O2/c1-2-18(8-10-4-3-7-20-10)11(19)12(13(14,15)16)5-6-17-9-12/h10,17H,2-9H2,1H3. The molecular formula is C13H21F3N2O2. The molecule has 0 aromatic rings. The average molecular weight is 294 g/mol. The summed E-state index contributed by atoms with van der Waals surface area (Å²) in [5.41, 5.74) is -2.26. The van der Waals surface area contributed by atoms with Crippen LogP contribution in [0.25, 0.3) is 0 Å². The van der Waals surface area contributed by atoms with E-state index in [1.165, 1.54) is 4.90 Å². The highest BCUT2D eigenvalue weighted by atomic mass is 19.4. The number of alkyl halides is 3. The normalized spacial score (nSPS) is 30.7. The maximum absolute atomic E-state index is 13.4. The van der Waals surface area contributed by atoms with Gasteiger partial charge in [0.05, 0.1) is 6.10 Å². The lowest BCUT2D eigenvalue weighted by molar-refractivity contribution is -0.222. The van der Waals surface area contributed by atoms with Crippen molar-refractivity contribution in [3.05, 3.63) is 0 Å². The van der Waals surface area contributed by atoms with Gasteiger partial charge in [-0.3, -0.25) is 4.79 Å². The molecule has 4 nitrogen and oxygen atoms in total. The quantitative estimate of drug-likeness (QED) is 0.855. The summed E-state index contributed by atoms with van der Waals surface area (Å²) in [4.78, 5) is 13.7. The molecule has 2 aliphatic rings. The molecule has 20 heavy (non-hydrogen) atoms. The lowest BCUT2D eigenvalue weighted by Gasteiger charge is -2.35. The Morgan fingerprint density at radius 1 is 1.50 bits per heavy atom. The molecule has 2 aliphatic heterocycles. The Kier molecular flexibility index (Phi) is 4.59. The summed E-state index contributed by atoms with van der Waals surface area (Å²) >= 11 is 0. The van der Waals surface area contributed by atoms with Crippen LogP contribution in [0, 0.1) is 5.41 Å². The third-order valence-electron chi connectivity index (χ3n) is 4.22. The molecule has 1 N–H and O–H groups in total. The summed E-state index contributed by atoms with van der Waals surface area (Å²) in [5, 5.41) is 2.67. The third kappa shape index (κ3) is 2.79. The molecule has 2 saturated heterocycles. The Labute approximate surface area is 116 Å². The van der Waals surface area contributed by atoms with Crippen LogP contribution in [0.2, 0.25) is 0 Å². The summed E-state index contributed by atoms with van der Waals surface area (Å²) in [5.74, 6) is -0.812. The highest BCUT2D eigenvalue weighted by Gasteiger charge is 2.62. The van der Waals surface area contributed by atoms with E-state index in [0.29, 0.717) is 6.61 Å². The van der Waals surface area contributed by atoms with Gasteiger partial charge in [0.25, 0.3) is 0 Å². The van der Waals surface area contributed by atoms with Crippen LogP contribution < -0.4 is 5.32 Å². The first kappa shape index (κ1) is 15.6. The lowest BCUT2D eigenvalue weighted by Crippen LogP contribution is -2.54. The van der Waals surface area contributed by atoms with Gasteiger partial charge in [0.2, 0.25) is 5.91 Å². The molecule has 0 bridgehead atoms. The minimum Gasteiger partial charge on any atom is -0.376 e. The molecule has 2 unspecified atom stereocenters. The minimum atomic E-state index is -4.52. The zero-order valence-electron chi connectivity index (χ0n) is 11.6. The van der Waals surface area contributed by atoms with Gasteiger partial charge in [0, 0.05) is 26.2 Å². The second-order valence-corrected chi connectivity index (χ2v) is 5.49. The number of halogens is 3. The van der Waals surface area contributed by atoms with Crippen molar-refractivity contribution in [2.45, 2.75) is 38.5 Å². The van der Waals surface area contributed by atoms with Crippen LogP contribution in [0.5, 0.6) is 0 Å². The van der Waals surface area contributed by atoms with E-state index in [9.17, 15) is 18.0 Å². The smallest absolute Gasteiger partial charge is 0.376 e. The van der Waals surface area contributed by atoms with Crippen molar-refractivity contribution >= 4 is 5.91 Å². The Morgan fingerprint density at radius 2 is 2.25 bits per heavy atom. The fraction of sp³-hybridized carbons (Fsp3) is 0.923. The zero-order chi connectivity index (χ0) is 14.8. The number of rotatable bonds is 4. The fourth-order valence-corrected chi connectivity index (χ4v) is 2.93. The van der Waals surface area contributed by atoms with E-state index in [4.69, 9.17) is 4.74 Å². The topological polar surface area (TPSA) is 41.6 Å². The first-order valence-corrected chi connectivity index (χ1v) is 7.09. The molecule has 0 saturated carbocycles. The van der Waals surface area contributed by atoms with Gasteiger partial charge >= 0.3 is 6.18 Å². The number of amides is 1. The van der Waals surface area contributed by atoms with Crippen molar-refractivity contribution in [1.82, 2.24) is 10.2 Å². The maximum Gasteiger partial charge on any atom is 0.404 e. The van der Waals surface area contributed by atoms with E-state index in [2.05, 4.69) is 5.32 Å². The molecule has 0 aliphatic carbocycles. The predicted octanol–water partition coefficient (Wildman–Crippen LogP) is 1.56.